The van der Waals surface area contributed by atoms with Gasteiger partial charge in [-0.2, -0.15) is 0 Å². The third kappa shape index (κ3) is 4.32. The molecule has 0 spiro atoms. The number of anilines is 3. The number of ether oxygens (including phenoxy) is 1. The van der Waals surface area contributed by atoms with Crippen LogP contribution in [0.4, 0.5) is 21.9 Å². The summed E-state index contributed by atoms with van der Waals surface area (Å²) in [5.74, 6) is 0.881. The van der Waals surface area contributed by atoms with Gasteiger partial charge in [0.15, 0.2) is 0 Å². The fourth-order valence-electron chi connectivity index (χ4n) is 3.36. The first kappa shape index (κ1) is 19.8. The standard InChI is InChI=1S/C19H22N5O2.Na/c1-26-18-8-6-16(7-9-18)23-12-10-22(11-13-23)15-2-4-17(5-3-15)24-14-20-21-19(24)25;/h2-9H,10-14H2,1H3,(H,21,25);/q-1;+1. The van der Waals surface area contributed by atoms with Crippen molar-refractivity contribution in [3.8, 4) is 5.75 Å². The maximum atomic E-state index is 11.7. The van der Waals surface area contributed by atoms with E-state index in [1.807, 2.05) is 24.3 Å². The molecule has 0 atom stereocenters. The van der Waals surface area contributed by atoms with Crippen LogP contribution in [0.15, 0.2) is 48.5 Å². The molecule has 0 bridgehead atoms. The minimum atomic E-state index is -0.175. The van der Waals surface area contributed by atoms with Crippen LogP contribution in [-0.4, -0.2) is 46.0 Å². The van der Waals surface area contributed by atoms with E-state index < -0.39 is 0 Å². The second kappa shape index (κ2) is 8.84. The van der Waals surface area contributed by atoms with Gasteiger partial charge >= 0.3 is 35.6 Å². The molecule has 136 valence electrons. The van der Waals surface area contributed by atoms with E-state index in [-0.39, 0.29) is 35.6 Å². The largest absolute Gasteiger partial charge is 1.00 e. The van der Waals surface area contributed by atoms with E-state index in [0.29, 0.717) is 6.67 Å². The van der Waals surface area contributed by atoms with Crippen LogP contribution >= 0.6 is 0 Å². The Labute approximate surface area is 181 Å². The van der Waals surface area contributed by atoms with E-state index in [1.54, 1.807) is 12.0 Å². The van der Waals surface area contributed by atoms with E-state index >= 15 is 0 Å². The summed E-state index contributed by atoms with van der Waals surface area (Å²) in [4.78, 5) is 18.0. The Hall–Kier alpha value is -1.93. The summed E-state index contributed by atoms with van der Waals surface area (Å²) < 4.78 is 5.22. The molecule has 7 nitrogen and oxygen atoms in total. The van der Waals surface area contributed by atoms with Crippen molar-refractivity contribution in [2.24, 2.45) is 0 Å². The number of hydrogen-bond acceptors (Lipinski definition) is 4. The number of nitrogens with zero attached hydrogens (tertiary/aromatic N) is 4. The zero-order valence-corrected chi connectivity index (χ0v) is 17.8. The molecule has 0 aromatic heterocycles. The predicted molar refractivity (Wildman–Crippen MR) is 103 cm³/mol. The zero-order valence-electron chi connectivity index (χ0n) is 15.8. The van der Waals surface area contributed by atoms with Gasteiger partial charge in [0.1, 0.15) is 5.75 Å². The number of hydrogen-bond donors (Lipinski definition) is 1. The molecule has 0 unspecified atom stereocenters. The van der Waals surface area contributed by atoms with Gasteiger partial charge in [-0.3, -0.25) is 0 Å². The smallest absolute Gasteiger partial charge is 0.549 e. The molecule has 4 rings (SSSR count). The summed E-state index contributed by atoms with van der Waals surface area (Å²) in [7, 11) is 1.68. The normalized spacial score (nSPS) is 16.8. The molecule has 2 saturated heterocycles. The SMILES string of the molecule is COc1ccc(N2CCN(c3ccc(N4C[N-]NC4=O)cc3)CC2)cc1.[Na+]. The van der Waals surface area contributed by atoms with Crippen molar-refractivity contribution in [3.63, 3.8) is 0 Å². The maximum absolute atomic E-state index is 11.7. The van der Waals surface area contributed by atoms with Crippen LogP contribution in [0.5, 0.6) is 5.75 Å². The van der Waals surface area contributed by atoms with E-state index in [2.05, 4.69) is 44.9 Å². The van der Waals surface area contributed by atoms with Crippen molar-refractivity contribution in [3.05, 3.63) is 54.0 Å². The molecule has 1 N–H and O–H groups in total. The molecule has 0 aliphatic carbocycles. The first-order valence-corrected chi connectivity index (χ1v) is 8.72. The second-order valence-corrected chi connectivity index (χ2v) is 6.33. The van der Waals surface area contributed by atoms with Crippen LogP contribution in [0.1, 0.15) is 0 Å². The molecular formula is C19H22N5NaO2. The van der Waals surface area contributed by atoms with Gasteiger partial charge in [-0.1, -0.05) is 0 Å². The first-order valence-electron chi connectivity index (χ1n) is 8.72. The van der Waals surface area contributed by atoms with E-state index in [9.17, 15) is 4.79 Å². The molecule has 2 aliphatic rings. The number of rotatable bonds is 4. The molecule has 2 heterocycles. The molecule has 0 radical (unpaired) electrons. The Kier molecular flexibility index (Phi) is 6.49. The quantitative estimate of drug-likeness (QED) is 0.752. The van der Waals surface area contributed by atoms with Gasteiger partial charge in [-0.15, -0.1) is 0 Å². The van der Waals surface area contributed by atoms with Crippen LogP contribution in [0.25, 0.3) is 5.43 Å². The third-order valence-electron chi connectivity index (χ3n) is 4.88. The molecule has 2 aliphatic heterocycles. The Balaban J connectivity index is 0.00000210. The Morgan fingerprint density at radius 3 is 1.78 bits per heavy atom. The maximum Gasteiger partial charge on any atom is 1.00 e. The number of carbonyl (C=O) groups is 1. The van der Waals surface area contributed by atoms with Gasteiger partial charge < -0.3 is 30.3 Å². The summed E-state index contributed by atoms with van der Waals surface area (Å²) in [6.45, 7) is 4.23. The molecule has 2 fully saturated rings. The fraction of sp³-hybridized carbons (Fsp3) is 0.316. The number of urea groups is 1. The van der Waals surface area contributed by atoms with Gasteiger partial charge in [0.05, 0.1) is 7.11 Å². The number of benzene rings is 2. The number of methoxy groups -OCH3 is 1. The molecule has 27 heavy (non-hydrogen) atoms. The van der Waals surface area contributed by atoms with Gasteiger partial charge in [-0.05, 0) is 55.2 Å². The molecule has 2 aromatic carbocycles. The summed E-state index contributed by atoms with van der Waals surface area (Å²) in [5.41, 5.74) is 9.62. The first-order chi connectivity index (χ1) is 12.7. The summed E-state index contributed by atoms with van der Waals surface area (Å²) in [6, 6.07) is 16.1. The molecule has 2 amide bonds. The van der Waals surface area contributed by atoms with Crippen molar-refractivity contribution >= 4 is 23.1 Å². The number of nitrogens with one attached hydrogen (secondary N) is 1. The van der Waals surface area contributed by atoms with Crippen molar-refractivity contribution in [2.45, 2.75) is 0 Å². The molecule has 2 aromatic rings. The minimum absolute atomic E-state index is 0. The summed E-state index contributed by atoms with van der Waals surface area (Å²) >= 11 is 0. The Morgan fingerprint density at radius 2 is 1.33 bits per heavy atom. The average Bonchev–Trinajstić information content (AvgIpc) is 3.14. The van der Waals surface area contributed by atoms with E-state index in [4.69, 9.17) is 4.74 Å². The summed E-state index contributed by atoms with van der Waals surface area (Å²) in [5, 5.41) is 0. The number of amides is 2. The minimum Gasteiger partial charge on any atom is -0.549 e. The van der Waals surface area contributed by atoms with Crippen LogP contribution in [-0.2, 0) is 0 Å². The third-order valence-corrected chi connectivity index (χ3v) is 4.88. The van der Waals surface area contributed by atoms with Crippen LogP contribution in [0, 0.1) is 0 Å². The zero-order chi connectivity index (χ0) is 17.9. The fourth-order valence-corrected chi connectivity index (χ4v) is 3.36. The Morgan fingerprint density at radius 1 is 0.852 bits per heavy atom. The van der Waals surface area contributed by atoms with Crippen LogP contribution in [0.3, 0.4) is 0 Å². The van der Waals surface area contributed by atoms with Crippen molar-refractivity contribution in [1.82, 2.24) is 5.43 Å². The topological polar surface area (TPSA) is 62.2 Å². The number of carbonyl (C=O) groups excluding carboxylic acids is 1. The van der Waals surface area contributed by atoms with Gasteiger partial charge in [0, 0.05) is 43.2 Å². The van der Waals surface area contributed by atoms with Crippen LogP contribution in [0.2, 0.25) is 0 Å². The van der Waals surface area contributed by atoms with Gasteiger partial charge in [0.25, 0.3) is 0 Å². The van der Waals surface area contributed by atoms with Gasteiger partial charge in [0.2, 0.25) is 0 Å². The monoisotopic (exact) mass is 375 g/mol. The molecule has 8 heteroatoms. The molecular weight excluding hydrogens is 353 g/mol. The predicted octanol–water partition coefficient (Wildman–Crippen LogP) is -0.198. The van der Waals surface area contributed by atoms with E-state index in [1.165, 1.54) is 11.4 Å². The van der Waals surface area contributed by atoms with Crippen molar-refractivity contribution in [1.29, 1.82) is 0 Å². The van der Waals surface area contributed by atoms with E-state index in [0.717, 1.165) is 37.6 Å². The average molecular weight is 375 g/mol. The van der Waals surface area contributed by atoms with Gasteiger partial charge in [-0.25, -0.2) is 4.79 Å². The van der Waals surface area contributed by atoms with Crippen LogP contribution < -0.4 is 54.4 Å². The summed E-state index contributed by atoms with van der Waals surface area (Å²) in [6.07, 6.45) is 0. The molecule has 0 saturated carbocycles. The van der Waals surface area contributed by atoms with Crippen molar-refractivity contribution < 1.29 is 39.1 Å². The second-order valence-electron chi connectivity index (χ2n) is 6.33. The van der Waals surface area contributed by atoms with Crippen molar-refractivity contribution in [2.75, 3.05) is 54.7 Å². The Bertz CT molecular complexity index is 761. The number of piperazine rings is 1.